The molecule has 0 aliphatic carbocycles. The molecule has 0 bridgehead atoms. The Labute approximate surface area is 66.5 Å². The molecule has 1 N–H and O–H groups in total. The third-order valence-corrected chi connectivity index (χ3v) is 1.17. The summed E-state index contributed by atoms with van der Waals surface area (Å²) in [6, 6.07) is 3.94. The summed E-state index contributed by atoms with van der Waals surface area (Å²) in [5, 5.41) is 8.86. The molecule has 62 valence electrons. The Morgan fingerprint density at radius 3 is 2.18 bits per heavy atom. The van der Waals surface area contributed by atoms with E-state index in [1.54, 1.807) is 6.92 Å². The van der Waals surface area contributed by atoms with E-state index in [-0.39, 0.29) is 5.75 Å². The molecule has 1 rings (SSSR count). The Morgan fingerprint density at radius 2 is 1.82 bits per heavy atom. The molecular weight excluding hydrogens is 143 g/mol. The van der Waals surface area contributed by atoms with Crippen molar-refractivity contribution in [1.82, 2.24) is 0 Å². The van der Waals surface area contributed by atoms with Gasteiger partial charge < -0.3 is 5.11 Å². The molecule has 0 radical (unpaired) electrons. The third-order valence-electron chi connectivity index (χ3n) is 1.17. The maximum atomic E-state index is 12.2. The number of benzene rings is 1. The lowest BCUT2D eigenvalue weighted by Crippen LogP contribution is -1.75. The van der Waals surface area contributed by atoms with Gasteiger partial charge in [0.2, 0.25) is 0 Å². The molecule has 1 aromatic rings. The van der Waals surface area contributed by atoms with Gasteiger partial charge in [-0.2, -0.15) is 0 Å². The summed E-state index contributed by atoms with van der Waals surface area (Å²) in [5.41, 5.74) is 0.691. The lowest BCUT2D eigenvalue weighted by Gasteiger charge is -1.94. The molecule has 0 heterocycles. The van der Waals surface area contributed by atoms with Crippen LogP contribution < -0.4 is 0 Å². The molecule has 0 amide bonds. The molecule has 0 fully saturated rings. The van der Waals surface area contributed by atoms with E-state index >= 15 is 0 Å². The highest BCUT2D eigenvalue weighted by atomic mass is 19.1. The fraction of sp³-hybridized carbons (Fsp3) is 0.333. The average Bonchev–Trinajstić information content (AvgIpc) is 2.02. The zero-order chi connectivity index (χ0) is 8.85. The van der Waals surface area contributed by atoms with E-state index in [0.29, 0.717) is 5.56 Å². The van der Waals surface area contributed by atoms with Crippen LogP contribution in [-0.4, -0.2) is 5.11 Å². The molecule has 0 aliphatic heterocycles. The first-order valence-corrected chi connectivity index (χ1v) is 3.65. The minimum Gasteiger partial charge on any atom is -0.508 e. The van der Waals surface area contributed by atoms with Gasteiger partial charge in [-0.25, -0.2) is 4.39 Å². The molecule has 1 nitrogen and oxygen atoms in total. The van der Waals surface area contributed by atoms with Crippen molar-refractivity contribution in [3.8, 4) is 5.75 Å². The lowest BCUT2D eigenvalue weighted by atomic mass is 10.2. The summed E-state index contributed by atoms with van der Waals surface area (Å²) < 4.78 is 12.2. The fourth-order valence-corrected chi connectivity index (χ4v) is 0.583. The van der Waals surface area contributed by atoms with Crippen LogP contribution >= 0.6 is 0 Å². The standard InChI is InChI=1S/C7H7FO.C2H6/c1-5-2-3-6(8)4-7(5)9;1-2/h2-4,9H,1H3;1-2H3. The fourth-order valence-electron chi connectivity index (χ4n) is 0.583. The van der Waals surface area contributed by atoms with E-state index in [0.717, 1.165) is 6.07 Å². The number of hydrogen-bond acceptors (Lipinski definition) is 1. The smallest absolute Gasteiger partial charge is 0.126 e. The minimum absolute atomic E-state index is 0.00926. The predicted molar refractivity (Wildman–Crippen MR) is 44.1 cm³/mol. The van der Waals surface area contributed by atoms with Gasteiger partial charge in [0, 0.05) is 6.07 Å². The first-order chi connectivity index (χ1) is 5.20. The van der Waals surface area contributed by atoms with Crippen molar-refractivity contribution in [2.24, 2.45) is 0 Å². The Morgan fingerprint density at radius 1 is 1.27 bits per heavy atom. The summed E-state index contributed by atoms with van der Waals surface area (Å²) in [4.78, 5) is 0. The monoisotopic (exact) mass is 156 g/mol. The van der Waals surface area contributed by atoms with Crippen LogP contribution in [0.25, 0.3) is 0 Å². The van der Waals surface area contributed by atoms with Gasteiger partial charge in [0.15, 0.2) is 0 Å². The molecular formula is C9H13FO. The summed E-state index contributed by atoms with van der Waals surface area (Å²) >= 11 is 0. The van der Waals surface area contributed by atoms with Crippen molar-refractivity contribution in [3.05, 3.63) is 29.6 Å². The summed E-state index contributed by atoms with van der Waals surface area (Å²) in [7, 11) is 0. The molecule has 0 unspecified atom stereocenters. The van der Waals surface area contributed by atoms with Crippen LogP contribution in [0.2, 0.25) is 0 Å². The summed E-state index contributed by atoms with van der Waals surface area (Å²) in [5.74, 6) is -0.395. The molecule has 0 aromatic heterocycles. The number of aromatic hydroxyl groups is 1. The van der Waals surface area contributed by atoms with Crippen molar-refractivity contribution in [2.75, 3.05) is 0 Å². The topological polar surface area (TPSA) is 20.2 Å². The van der Waals surface area contributed by atoms with Crippen LogP contribution in [-0.2, 0) is 0 Å². The van der Waals surface area contributed by atoms with Crippen LogP contribution in [0.1, 0.15) is 19.4 Å². The molecule has 0 saturated carbocycles. The van der Waals surface area contributed by atoms with Gasteiger partial charge in [0.25, 0.3) is 0 Å². The first-order valence-electron chi connectivity index (χ1n) is 3.65. The van der Waals surface area contributed by atoms with Crippen molar-refractivity contribution in [3.63, 3.8) is 0 Å². The van der Waals surface area contributed by atoms with E-state index in [1.165, 1.54) is 12.1 Å². The first kappa shape index (κ1) is 9.95. The Hall–Kier alpha value is -1.05. The van der Waals surface area contributed by atoms with E-state index in [9.17, 15) is 4.39 Å². The van der Waals surface area contributed by atoms with Crippen molar-refractivity contribution >= 4 is 0 Å². The zero-order valence-electron chi connectivity index (χ0n) is 7.06. The predicted octanol–water partition coefficient (Wildman–Crippen LogP) is 2.87. The number of halogens is 1. The van der Waals surface area contributed by atoms with E-state index in [2.05, 4.69) is 0 Å². The molecule has 0 atom stereocenters. The van der Waals surface area contributed by atoms with Crippen LogP contribution in [0.3, 0.4) is 0 Å². The quantitative estimate of drug-likeness (QED) is 0.612. The van der Waals surface area contributed by atoms with Crippen LogP contribution in [0.5, 0.6) is 5.75 Å². The highest BCUT2D eigenvalue weighted by molar-refractivity contribution is 5.30. The Balaban J connectivity index is 0.000000461. The second kappa shape index (κ2) is 4.72. The molecule has 2 heteroatoms. The second-order valence-electron chi connectivity index (χ2n) is 1.93. The van der Waals surface area contributed by atoms with E-state index in [4.69, 9.17) is 5.11 Å². The van der Waals surface area contributed by atoms with E-state index < -0.39 is 5.82 Å². The molecule has 11 heavy (non-hydrogen) atoms. The number of aryl methyl sites for hydroxylation is 1. The maximum absolute atomic E-state index is 12.2. The van der Waals surface area contributed by atoms with Gasteiger partial charge in [-0.05, 0) is 18.6 Å². The number of hydrogen-bond donors (Lipinski definition) is 1. The van der Waals surface area contributed by atoms with Crippen LogP contribution in [0.4, 0.5) is 4.39 Å². The van der Waals surface area contributed by atoms with Crippen molar-refractivity contribution in [1.29, 1.82) is 0 Å². The number of rotatable bonds is 0. The summed E-state index contributed by atoms with van der Waals surface area (Å²) in [6.45, 7) is 5.72. The zero-order valence-corrected chi connectivity index (χ0v) is 7.06. The third kappa shape index (κ3) is 3.03. The van der Waals surface area contributed by atoms with Gasteiger partial charge in [-0.1, -0.05) is 19.9 Å². The van der Waals surface area contributed by atoms with Gasteiger partial charge in [-0.15, -0.1) is 0 Å². The molecule has 0 spiro atoms. The van der Waals surface area contributed by atoms with Crippen LogP contribution in [0, 0.1) is 12.7 Å². The SMILES string of the molecule is CC.Cc1ccc(F)cc1O. The van der Waals surface area contributed by atoms with Gasteiger partial charge in [0.05, 0.1) is 0 Å². The maximum Gasteiger partial charge on any atom is 0.126 e. The second-order valence-corrected chi connectivity index (χ2v) is 1.93. The van der Waals surface area contributed by atoms with Crippen molar-refractivity contribution in [2.45, 2.75) is 20.8 Å². The molecule has 0 aliphatic rings. The van der Waals surface area contributed by atoms with Gasteiger partial charge in [-0.3, -0.25) is 0 Å². The molecule has 1 aromatic carbocycles. The largest absolute Gasteiger partial charge is 0.508 e. The van der Waals surface area contributed by atoms with E-state index in [1.807, 2.05) is 13.8 Å². The highest BCUT2D eigenvalue weighted by Crippen LogP contribution is 2.15. The minimum atomic E-state index is -0.405. The molecule has 0 saturated heterocycles. The van der Waals surface area contributed by atoms with Crippen molar-refractivity contribution < 1.29 is 9.50 Å². The van der Waals surface area contributed by atoms with Gasteiger partial charge >= 0.3 is 0 Å². The number of phenolic OH excluding ortho intramolecular Hbond substituents is 1. The van der Waals surface area contributed by atoms with Crippen LogP contribution in [0.15, 0.2) is 18.2 Å². The Kier molecular flexibility index (Phi) is 4.27. The Bertz CT molecular complexity index is 221. The highest BCUT2D eigenvalue weighted by Gasteiger charge is 1.94. The summed E-state index contributed by atoms with van der Waals surface area (Å²) in [6.07, 6.45) is 0. The van der Waals surface area contributed by atoms with Gasteiger partial charge in [0.1, 0.15) is 11.6 Å². The normalized spacial score (nSPS) is 8.36. The number of phenols is 1. The average molecular weight is 156 g/mol. The lowest BCUT2D eigenvalue weighted by molar-refractivity contribution is 0.465.